The Bertz CT molecular complexity index is 3250. The minimum absolute atomic E-state index is 0.0357. The number of aromatic nitrogens is 3. The van der Waals surface area contributed by atoms with Gasteiger partial charge in [0.25, 0.3) is 5.56 Å². The molecular weight excluding hydrogens is 623 g/mol. The molecule has 11 rings (SSSR count). The van der Waals surface area contributed by atoms with Crippen LogP contribution in [0.2, 0.25) is 0 Å². The second-order valence-corrected chi connectivity index (χ2v) is 13.3. The van der Waals surface area contributed by atoms with Gasteiger partial charge in [-0.3, -0.25) is 9.36 Å². The van der Waals surface area contributed by atoms with E-state index in [4.69, 9.17) is 0 Å². The first-order valence-corrected chi connectivity index (χ1v) is 17.3. The van der Waals surface area contributed by atoms with Gasteiger partial charge in [-0.2, -0.15) is 0 Å². The summed E-state index contributed by atoms with van der Waals surface area (Å²) in [5.41, 5.74) is 8.06. The maximum atomic E-state index is 15.3. The van der Waals surface area contributed by atoms with Crippen LogP contribution < -0.4 is 5.56 Å². The molecule has 0 fully saturated rings. The van der Waals surface area contributed by atoms with Crippen LogP contribution in [-0.4, -0.2) is 13.7 Å². The third kappa shape index (κ3) is 3.87. The highest BCUT2D eigenvalue weighted by Crippen LogP contribution is 2.41. The Morgan fingerprint density at radius 3 is 1.57 bits per heavy atom. The summed E-state index contributed by atoms with van der Waals surface area (Å²) in [5, 5.41) is 9.49. The van der Waals surface area contributed by atoms with E-state index in [1.165, 1.54) is 10.8 Å². The van der Waals surface area contributed by atoms with Crippen LogP contribution in [0.15, 0.2) is 181 Å². The number of rotatable bonds is 3. The summed E-state index contributed by atoms with van der Waals surface area (Å²) < 4.78 is 6.59. The van der Waals surface area contributed by atoms with Gasteiger partial charge in [-0.1, -0.05) is 121 Å². The predicted molar refractivity (Wildman–Crippen MR) is 213 cm³/mol. The zero-order valence-corrected chi connectivity index (χ0v) is 27.5. The Morgan fingerprint density at radius 2 is 0.843 bits per heavy atom. The molecular formula is C47H29N3O. The fourth-order valence-electron chi connectivity index (χ4n) is 8.47. The molecule has 0 radical (unpaired) electrons. The van der Waals surface area contributed by atoms with Crippen molar-refractivity contribution in [2.24, 2.45) is 0 Å². The van der Waals surface area contributed by atoms with Crippen LogP contribution in [0.4, 0.5) is 0 Å². The van der Waals surface area contributed by atoms with E-state index in [1.807, 2.05) is 41.0 Å². The number of benzene rings is 8. The molecule has 3 aromatic heterocycles. The van der Waals surface area contributed by atoms with Crippen molar-refractivity contribution >= 4 is 76.1 Å². The molecule has 0 unspecified atom stereocenters. The van der Waals surface area contributed by atoms with E-state index in [2.05, 4.69) is 149 Å². The van der Waals surface area contributed by atoms with Gasteiger partial charge in [0.15, 0.2) is 0 Å². The Hall–Kier alpha value is -6.91. The molecule has 238 valence electrons. The van der Waals surface area contributed by atoms with Crippen molar-refractivity contribution in [3.05, 3.63) is 186 Å². The van der Waals surface area contributed by atoms with Crippen LogP contribution in [0.25, 0.3) is 93.1 Å². The van der Waals surface area contributed by atoms with Gasteiger partial charge in [-0.25, -0.2) is 0 Å². The standard InChI is InChI=1S/C47H29N3O/c51-47-45-36(26-27-37-34-21-9-11-23-41(34)48(46(37)45)31-16-3-1-4-17-31)39-29-44-38(28-43(39)49(47)32-18-5-2-6-19-32)35-22-10-12-24-42(35)50(44)40-25-13-15-30-14-7-8-20-33(30)40/h1-29H. The van der Waals surface area contributed by atoms with Gasteiger partial charge in [0.1, 0.15) is 0 Å². The van der Waals surface area contributed by atoms with Crippen LogP contribution in [0.3, 0.4) is 0 Å². The first-order chi connectivity index (χ1) is 25.3. The quantitative estimate of drug-likeness (QED) is 0.175. The largest absolute Gasteiger partial charge is 0.309 e. The Balaban J connectivity index is 1.39. The molecule has 8 aromatic carbocycles. The van der Waals surface area contributed by atoms with Crippen LogP contribution >= 0.6 is 0 Å². The summed E-state index contributed by atoms with van der Waals surface area (Å²) in [7, 11) is 0. The van der Waals surface area contributed by atoms with Gasteiger partial charge in [0.05, 0.1) is 38.7 Å². The maximum Gasteiger partial charge on any atom is 0.265 e. The topological polar surface area (TPSA) is 31.9 Å². The van der Waals surface area contributed by atoms with Crippen molar-refractivity contribution in [3.63, 3.8) is 0 Å². The van der Waals surface area contributed by atoms with Gasteiger partial charge < -0.3 is 9.13 Å². The second-order valence-electron chi connectivity index (χ2n) is 13.3. The average Bonchev–Trinajstić information content (AvgIpc) is 3.70. The lowest BCUT2D eigenvalue weighted by atomic mass is 10.0. The van der Waals surface area contributed by atoms with E-state index in [0.29, 0.717) is 5.39 Å². The third-order valence-corrected chi connectivity index (χ3v) is 10.6. The highest BCUT2D eigenvalue weighted by molar-refractivity contribution is 6.24. The summed E-state index contributed by atoms with van der Waals surface area (Å²) in [6, 6.07) is 61.5. The lowest BCUT2D eigenvalue weighted by molar-refractivity contribution is 1.06. The van der Waals surface area contributed by atoms with Crippen molar-refractivity contribution in [1.29, 1.82) is 0 Å². The van der Waals surface area contributed by atoms with E-state index >= 15 is 4.79 Å². The molecule has 0 spiro atoms. The lowest BCUT2D eigenvalue weighted by Gasteiger charge is -2.17. The second kappa shape index (κ2) is 10.5. The zero-order chi connectivity index (χ0) is 33.6. The summed E-state index contributed by atoms with van der Waals surface area (Å²) in [5.74, 6) is 0. The molecule has 0 bridgehead atoms. The SMILES string of the molecule is O=c1c2c(ccc3c4ccccc4n(-c4ccccc4)c32)c2cc3c(cc2n1-c1ccccc1)c1ccccc1n3-c1cccc2ccccc12. The molecule has 4 heteroatoms. The monoisotopic (exact) mass is 651 g/mol. The molecule has 0 N–H and O–H groups in total. The number of para-hydroxylation sites is 4. The molecule has 51 heavy (non-hydrogen) atoms. The molecule has 4 nitrogen and oxygen atoms in total. The number of hydrogen-bond donors (Lipinski definition) is 0. The smallest absolute Gasteiger partial charge is 0.265 e. The van der Waals surface area contributed by atoms with Crippen molar-refractivity contribution in [1.82, 2.24) is 13.7 Å². The minimum Gasteiger partial charge on any atom is -0.309 e. The van der Waals surface area contributed by atoms with Gasteiger partial charge in [-0.15, -0.1) is 0 Å². The van der Waals surface area contributed by atoms with E-state index in [1.54, 1.807) is 0 Å². The van der Waals surface area contributed by atoms with Crippen LogP contribution in [-0.2, 0) is 0 Å². The fraction of sp³-hybridized carbons (Fsp3) is 0. The molecule has 0 atom stereocenters. The molecule has 0 aliphatic rings. The molecule has 0 aliphatic heterocycles. The first kappa shape index (κ1) is 28.0. The molecule has 3 heterocycles. The van der Waals surface area contributed by atoms with Crippen molar-refractivity contribution in [3.8, 4) is 17.1 Å². The van der Waals surface area contributed by atoms with Crippen LogP contribution in [0, 0.1) is 0 Å². The lowest BCUT2D eigenvalue weighted by Crippen LogP contribution is -2.20. The van der Waals surface area contributed by atoms with Crippen molar-refractivity contribution < 1.29 is 0 Å². The molecule has 0 amide bonds. The van der Waals surface area contributed by atoms with Crippen molar-refractivity contribution in [2.45, 2.75) is 0 Å². The third-order valence-electron chi connectivity index (χ3n) is 10.6. The van der Waals surface area contributed by atoms with E-state index in [-0.39, 0.29) is 5.56 Å². The highest BCUT2D eigenvalue weighted by Gasteiger charge is 2.23. The van der Waals surface area contributed by atoms with Crippen LogP contribution in [0.5, 0.6) is 0 Å². The summed E-state index contributed by atoms with van der Waals surface area (Å²) in [6.07, 6.45) is 0. The molecule has 0 saturated carbocycles. The zero-order valence-electron chi connectivity index (χ0n) is 27.5. The van der Waals surface area contributed by atoms with Gasteiger partial charge in [0.2, 0.25) is 0 Å². The normalized spacial score (nSPS) is 12.0. The van der Waals surface area contributed by atoms with E-state index in [9.17, 15) is 0 Å². The van der Waals surface area contributed by atoms with Crippen LogP contribution in [0.1, 0.15) is 0 Å². The summed E-state index contributed by atoms with van der Waals surface area (Å²) >= 11 is 0. The molecule has 0 aliphatic carbocycles. The number of fused-ring (bicyclic) bond motifs is 11. The van der Waals surface area contributed by atoms with Gasteiger partial charge in [0, 0.05) is 43.7 Å². The Kier molecular flexibility index (Phi) is 5.78. The van der Waals surface area contributed by atoms with E-state index < -0.39 is 0 Å². The maximum absolute atomic E-state index is 15.3. The highest BCUT2D eigenvalue weighted by atomic mass is 16.1. The number of hydrogen-bond acceptors (Lipinski definition) is 1. The molecule has 11 aromatic rings. The summed E-state index contributed by atoms with van der Waals surface area (Å²) in [6.45, 7) is 0. The van der Waals surface area contributed by atoms with Gasteiger partial charge in [-0.05, 0) is 65.4 Å². The first-order valence-electron chi connectivity index (χ1n) is 17.3. The van der Waals surface area contributed by atoms with Crippen molar-refractivity contribution in [2.75, 3.05) is 0 Å². The Labute approximate surface area is 292 Å². The van der Waals surface area contributed by atoms with E-state index in [0.717, 1.165) is 77.0 Å². The minimum atomic E-state index is -0.0357. The summed E-state index contributed by atoms with van der Waals surface area (Å²) in [4.78, 5) is 15.3. The Morgan fingerprint density at radius 1 is 0.333 bits per heavy atom. The average molecular weight is 652 g/mol. The predicted octanol–water partition coefficient (Wildman–Crippen LogP) is 11.5. The fourth-order valence-corrected chi connectivity index (χ4v) is 8.47. The number of nitrogens with zero attached hydrogens (tertiary/aromatic N) is 3. The number of pyridine rings is 1. The molecule has 0 saturated heterocycles. The van der Waals surface area contributed by atoms with Gasteiger partial charge >= 0.3 is 0 Å².